The second-order valence-corrected chi connectivity index (χ2v) is 6.42. The van der Waals surface area contributed by atoms with Gasteiger partial charge in [-0.3, -0.25) is 4.79 Å². The summed E-state index contributed by atoms with van der Waals surface area (Å²) in [5, 5.41) is 3.21. The molecule has 0 bridgehead atoms. The van der Waals surface area contributed by atoms with Gasteiger partial charge in [0, 0.05) is 11.5 Å². The second-order valence-electron chi connectivity index (χ2n) is 6.42. The van der Waals surface area contributed by atoms with Crippen molar-refractivity contribution in [1.82, 2.24) is 5.32 Å². The summed E-state index contributed by atoms with van der Waals surface area (Å²) in [5.41, 5.74) is -0.118. The van der Waals surface area contributed by atoms with Crippen molar-refractivity contribution in [1.29, 1.82) is 0 Å². The molecule has 1 atom stereocenters. The van der Waals surface area contributed by atoms with E-state index >= 15 is 0 Å². The standard InChI is InChI=1S/C14H29NO/c1-8-10-11(13(3,4)5)15-12(16)14(6,7)9-2/h11H,8-10H2,1-7H3,(H,15,16). The molecule has 0 aromatic rings. The van der Waals surface area contributed by atoms with Crippen LogP contribution in [-0.2, 0) is 4.79 Å². The summed E-state index contributed by atoms with van der Waals surface area (Å²) < 4.78 is 0. The molecule has 0 aromatic carbocycles. The molecule has 0 aromatic heterocycles. The van der Waals surface area contributed by atoms with Crippen LogP contribution in [0.1, 0.15) is 67.7 Å². The van der Waals surface area contributed by atoms with E-state index in [0.29, 0.717) is 0 Å². The van der Waals surface area contributed by atoms with Gasteiger partial charge in [-0.2, -0.15) is 0 Å². The molecule has 0 saturated carbocycles. The van der Waals surface area contributed by atoms with Crippen LogP contribution in [0.5, 0.6) is 0 Å². The molecule has 0 heterocycles. The minimum Gasteiger partial charge on any atom is -0.352 e. The van der Waals surface area contributed by atoms with E-state index in [-0.39, 0.29) is 22.8 Å². The Morgan fingerprint density at radius 2 is 1.62 bits per heavy atom. The van der Waals surface area contributed by atoms with Crippen LogP contribution in [-0.4, -0.2) is 11.9 Å². The molecule has 16 heavy (non-hydrogen) atoms. The van der Waals surface area contributed by atoms with Gasteiger partial charge in [0.15, 0.2) is 0 Å². The van der Waals surface area contributed by atoms with Crippen molar-refractivity contribution in [3.8, 4) is 0 Å². The van der Waals surface area contributed by atoms with Crippen molar-refractivity contribution in [3.63, 3.8) is 0 Å². The fourth-order valence-electron chi connectivity index (χ4n) is 1.52. The Balaban J connectivity index is 4.59. The van der Waals surface area contributed by atoms with E-state index in [2.05, 4.69) is 39.9 Å². The highest BCUT2D eigenvalue weighted by Crippen LogP contribution is 2.26. The zero-order valence-electron chi connectivity index (χ0n) is 12.1. The Morgan fingerprint density at radius 1 is 1.12 bits per heavy atom. The molecule has 1 N–H and O–H groups in total. The summed E-state index contributed by atoms with van der Waals surface area (Å²) in [6, 6.07) is 0.274. The van der Waals surface area contributed by atoms with Gasteiger partial charge in [0.1, 0.15) is 0 Å². The number of hydrogen-bond donors (Lipinski definition) is 1. The molecule has 2 heteroatoms. The van der Waals surface area contributed by atoms with E-state index in [1.807, 2.05) is 13.8 Å². The fraction of sp³-hybridized carbons (Fsp3) is 0.929. The third kappa shape index (κ3) is 4.54. The first-order valence-electron chi connectivity index (χ1n) is 6.46. The first-order chi connectivity index (χ1) is 7.15. The average Bonchev–Trinajstić information content (AvgIpc) is 2.15. The number of carbonyl (C=O) groups is 1. The van der Waals surface area contributed by atoms with Crippen LogP contribution in [0.3, 0.4) is 0 Å². The van der Waals surface area contributed by atoms with E-state index < -0.39 is 0 Å². The van der Waals surface area contributed by atoms with Crippen LogP contribution in [0.4, 0.5) is 0 Å². The molecule has 0 radical (unpaired) electrons. The maximum atomic E-state index is 12.1. The van der Waals surface area contributed by atoms with Crippen molar-refractivity contribution in [3.05, 3.63) is 0 Å². The maximum Gasteiger partial charge on any atom is 0.225 e. The van der Waals surface area contributed by atoms with Gasteiger partial charge in [0.25, 0.3) is 0 Å². The van der Waals surface area contributed by atoms with Gasteiger partial charge in [-0.15, -0.1) is 0 Å². The van der Waals surface area contributed by atoms with Crippen molar-refractivity contribution >= 4 is 5.91 Å². The van der Waals surface area contributed by atoms with Crippen LogP contribution < -0.4 is 5.32 Å². The van der Waals surface area contributed by atoms with E-state index in [1.54, 1.807) is 0 Å². The Bertz CT molecular complexity index is 225. The summed E-state index contributed by atoms with van der Waals surface area (Å²) in [4.78, 5) is 12.1. The number of nitrogens with one attached hydrogen (secondary N) is 1. The molecule has 0 fully saturated rings. The molecule has 0 aliphatic rings. The normalized spacial score (nSPS) is 14.7. The Kier molecular flexibility index (Phi) is 5.51. The number of rotatable bonds is 5. The molecule has 0 saturated heterocycles. The average molecular weight is 227 g/mol. The zero-order chi connectivity index (χ0) is 13.0. The number of hydrogen-bond acceptors (Lipinski definition) is 1. The summed E-state index contributed by atoms with van der Waals surface area (Å²) >= 11 is 0. The highest BCUT2D eigenvalue weighted by Gasteiger charge is 2.31. The SMILES string of the molecule is CCCC(NC(=O)C(C)(C)CC)C(C)(C)C. The van der Waals surface area contributed by atoms with E-state index in [0.717, 1.165) is 19.3 Å². The van der Waals surface area contributed by atoms with Crippen molar-refractivity contribution < 1.29 is 4.79 Å². The predicted molar refractivity (Wildman–Crippen MR) is 70.4 cm³/mol. The van der Waals surface area contributed by atoms with Gasteiger partial charge in [-0.1, -0.05) is 54.9 Å². The molecule has 2 nitrogen and oxygen atoms in total. The lowest BCUT2D eigenvalue weighted by Gasteiger charge is -2.34. The molecule has 1 amide bonds. The summed E-state index contributed by atoms with van der Waals surface area (Å²) in [6.07, 6.45) is 3.03. The molecule has 0 aliphatic heterocycles. The number of carbonyl (C=O) groups excluding carboxylic acids is 1. The monoisotopic (exact) mass is 227 g/mol. The first kappa shape index (κ1) is 15.5. The van der Waals surface area contributed by atoms with Crippen LogP contribution in [0, 0.1) is 10.8 Å². The van der Waals surface area contributed by atoms with Gasteiger partial charge in [-0.05, 0) is 18.3 Å². The van der Waals surface area contributed by atoms with Gasteiger partial charge in [0.05, 0.1) is 0 Å². The molecule has 96 valence electrons. The third-order valence-electron chi connectivity index (χ3n) is 3.43. The number of amides is 1. The van der Waals surface area contributed by atoms with Crippen molar-refractivity contribution in [2.24, 2.45) is 10.8 Å². The minimum atomic E-state index is -0.253. The molecule has 0 spiro atoms. The fourth-order valence-corrected chi connectivity index (χ4v) is 1.52. The van der Waals surface area contributed by atoms with Gasteiger partial charge in [0.2, 0.25) is 5.91 Å². The summed E-state index contributed by atoms with van der Waals surface area (Å²) in [7, 11) is 0. The van der Waals surface area contributed by atoms with E-state index in [1.165, 1.54) is 0 Å². The van der Waals surface area contributed by atoms with Gasteiger partial charge < -0.3 is 5.32 Å². The summed E-state index contributed by atoms with van der Waals surface area (Å²) in [6.45, 7) is 14.8. The maximum absolute atomic E-state index is 12.1. The summed E-state index contributed by atoms with van der Waals surface area (Å²) in [5.74, 6) is 0.184. The largest absolute Gasteiger partial charge is 0.352 e. The van der Waals surface area contributed by atoms with Crippen LogP contribution in [0.15, 0.2) is 0 Å². The van der Waals surface area contributed by atoms with E-state index in [4.69, 9.17) is 0 Å². The zero-order valence-corrected chi connectivity index (χ0v) is 12.1. The molecular weight excluding hydrogens is 198 g/mol. The third-order valence-corrected chi connectivity index (χ3v) is 3.43. The predicted octanol–water partition coefficient (Wildman–Crippen LogP) is 3.75. The highest BCUT2D eigenvalue weighted by atomic mass is 16.2. The molecule has 0 aliphatic carbocycles. The van der Waals surface area contributed by atoms with Gasteiger partial charge in [-0.25, -0.2) is 0 Å². The lowest BCUT2D eigenvalue weighted by Crippen LogP contribution is -2.48. The van der Waals surface area contributed by atoms with Crippen LogP contribution in [0.25, 0.3) is 0 Å². The van der Waals surface area contributed by atoms with Crippen molar-refractivity contribution in [2.45, 2.75) is 73.8 Å². The molecule has 1 unspecified atom stereocenters. The lowest BCUT2D eigenvalue weighted by molar-refractivity contribution is -0.131. The smallest absolute Gasteiger partial charge is 0.225 e. The van der Waals surface area contributed by atoms with Crippen molar-refractivity contribution in [2.75, 3.05) is 0 Å². The Hall–Kier alpha value is -0.530. The quantitative estimate of drug-likeness (QED) is 0.761. The molecular formula is C14H29NO. The van der Waals surface area contributed by atoms with E-state index in [9.17, 15) is 4.79 Å². The highest BCUT2D eigenvalue weighted by molar-refractivity contribution is 5.82. The first-order valence-corrected chi connectivity index (χ1v) is 6.46. The van der Waals surface area contributed by atoms with Crippen LogP contribution in [0.2, 0.25) is 0 Å². The molecule has 0 rings (SSSR count). The van der Waals surface area contributed by atoms with Gasteiger partial charge >= 0.3 is 0 Å². The Morgan fingerprint density at radius 3 is 1.94 bits per heavy atom. The Labute approximate surface area is 101 Å². The van der Waals surface area contributed by atoms with Crippen LogP contribution >= 0.6 is 0 Å². The minimum absolute atomic E-state index is 0.134. The second kappa shape index (κ2) is 5.70. The lowest BCUT2D eigenvalue weighted by atomic mass is 9.82. The topological polar surface area (TPSA) is 29.1 Å².